The molecule has 0 fully saturated rings. The van der Waals surface area contributed by atoms with Gasteiger partial charge in [0, 0.05) is 24.9 Å². The summed E-state index contributed by atoms with van der Waals surface area (Å²) in [6, 6.07) is 10.6. The molecule has 0 amide bonds. The van der Waals surface area contributed by atoms with E-state index < -0.39 is 11.7 Å². The van der Waals surface area contributed by atoms with E-state index in [2.05, 4.69) is 20.4 Å². The Morgan fingerprint density at radius 3 is 2.57 bits per heavy atom. The molecule has 2 heterocycles. The maximum absolute atomic E-state index is 12.6. The van der Waals surface area contributed by atoms with Crippen molar-refractivity contribution < 1.29 is 17.9 Å². The first-order valence-corrected chi connectivity index (χ1v) is 9.21. The number of nitrogens with one attached hydrogen (secondary N) is 1. The maximum Gasteiger partial charge on any atom is 0.416 e. The number of hydrogen-bond acceptors (Lipinski definition) is 6. The van der Waals surface area contributed by atoms with Gasteiger partial charge in [0.15, 0.2) is 11.5 Å². The molecule has 0 radical (unpaired) electrons. The first kappa shape index (κ1) is 19.9. The summed E-state index contributed by atoms with van der Waals surface area (Å²) in [7, 11) is 1.56. The fraction of sp³-hybridized carbons (Fsp3) is 0.250. The minimum Gasteiger partial charge on any atom is -0.494 e. The van der Waals surface area contributed by atoms with Crippen LogP contribution in [0.25, 0.3) is 16.6 Å². The average molecular weight is 416 g/mol. The van der Waals surface area contributed by atoms with Crippen molar-refractivity contribution in [1.82, 2.24) is 24.9 Å². The Balaban J connectivity index is 1.45. The standard InChI is InChI=1S/C20H19F3N6O/c1-30-15-4-2-3-14-17(15)27-19(24)29-18(14)26-16(28-29)9-10-25-11-12-5-7-13(8-6-12)20(21,22)23/h2-8,25H,9-11H2,1H3,(H2,24,27). The van der Waals surface area contributed by atoms with E-state index >= 15 is 0 Å². The first-order valence-electron chi connectivity index (χ1n) is 9.21. The Kier molecular flexibility index (Phi) is 5.17. The van der Waals surface area contributed by atoms with E-state index in [1.165, 1.54) is 16.6 Å². The van der Waals surface area contributed by atoms with E-state index in [1.807, 2.05) is 12.1 Å². The Bertz CT molecular complexity index is 1190. The number of anilines is 1. The van der Waals surface area contributed by atoms with Crippen molar-refractivity contribution >= 4 is 22.5 Å². The summed E-state index contributed by atoms with van der Waals surface area (Å²) in [5, 5.41) is 8.38. The second-order valence-corrected chi connectivity index (χ2v) is 6.71. The van der Waals surface area contributed by atoms with Crippen LogP contribution in [0.4, 0.5) is 19.1 Å². The predicted octanol–water partition coefficient (Wildman–Crippen LogP) is 3.22. The number of aromatic nitrogens is 4. The summed E-state index contributed by atoms with van der Waals surface area (Å²) in [6.07, 6.45) is -3.81. The lowest BCUT2D eigenvalue weighted by atomic mass is 10.1. The first-order chi connectivity index (χ1) is 14.4. The van der Waals surface area contributed by atoms with Crippen LogP contribution in [0.2, 0.25) is 0 Å². The monoisotopic (exact) mass is 416 g/mol. The van der Waals surface area contributed by atoms with Gasteiger partial charge in [-0.1, -0.05) is 18.2 Å². The summed E-state index contributed by atoms with van der Waals surface area (Å²) in [6.45, 7) is 0.988. The van der Waals surface area contributed by atoms with Crippen molar-refractivity contribution in [3.63, 3.8) is 0 Å². The smallest absolute Gasteiger partial charge is 0.416 e. The third-order valence-corrected chi connectivity index (χ3v) is 4.69. The zero-order valence-electron chi connectivity index (χ0n) is 16.1. The fourth-order valence-corrected chi connectivity index (χ4v) is 3.18. The number of alkyl halides is 3. The number of nitrogens with two attached hydrogens (primary N) is 1. The molecule has 2 aromatic carbocycles. The molecule has 4 aromatic rings. The summed E-state index contributed by atoms with van der Waals surface area (Å²) >= 11 is 0. The molecule has 0 saturated heterocycles. The highest BCUT2D eigenvalue weighted by Crippen LogP contribution is 2.29. The number of nitrogens with zero attached hydrogens (tertiary/aromatic N) is 4. The summed E-state index contributed by atoms with van der Waals surface area (Å²) in [5.74, 6) is 1.39. The molecule has 3 N–H and O–H groups in total. The van der Waals surface area contributed by atoms with Crippen LogP contribution in [-0.4, -0.2) is 33.2 Å². The van der Waals surface area contributed by atoms with Crippen LogP contribution in [0.15, 0.2) is 42.5 Å². The molecule has 156 valence electrons. The van der Waals surface area contributed by atoms with Crippen LogP contribution in [0.5, 0.6) is 5.75 Å². The zero-order chi connectivity index (χ0) is 21.3. The largest absolute Gasteiger partial charge is 0.494 e. The summed E-state index contributed by atoms with van der Waals surface area (Å²) in [5.41, 5.74) is 7.34. The normalized spacial score (nSPS) is 12.0. The van der Waals surface area contributed by atoms with Crippen molar-refractivity contribution in [2.75, 3.05) is 19.4 Å². The van der Waals surface area contributed by atoms with Crippen molar-refractivity contribution in [2.45, 2.75) is 19.1 Å². The highest BCUT2D eigenvalue weighted by atomic mass is 19.4. The molecule has 0 bridgehead atoms. The molecule has 0 spiro atoms. The average Bonchev–Trinajstić information content (AvgIpc) is 3.16. The number of ether oxygens (including phenoxy) is 1. The van der Waals surface area contributed by atoms with Gasteiger partial charge in [-0.25, -0.2) is 9.97 Å². The van der Waals surface area contributed by atoms with Crippen LogP contribution < -0.4 is 15.8 Å². The molecular weight excluding hydrogens is 397 g/mol. The van der Waals surface area contributed by atoms with Crippen molar-refractivity contribution in [1.29, 1.82) is 0 Å². The quantitative estimate of drug-likeness (QED) is 0.469. The van der Waals surface area contributed by atoms with E-state index in [0.717, 1.165) is 23.1 Å². The number of benzene rings is 2. The van der Waals surface area contributed by atoms with E-state index in [4.69, 9.17) is 10.5 Å². The van der Waals surface area contributed by atoms with Crippen LogP contribution >= 0.6 is 0 Å². The molecule has 7 nitrogen and oxygen atoms in total. The number of rotatable bonds is 6. The van der Waals surface area contributed by atoms with Crippen LogP contribution in [-0.2, 0) is 19.1 Å². The number of fused-ring (bicyclic) bond motifs is 3. The van der Waals surface area contributed by atoms with Gasteiger partial charge < -0.3 is 15.8 Å². The number of halogens is 3. The van der Waals surface area contributed by atoms with Crippen LogP contribution in [0.3, 0.4) is 0 Å². The van der Waals surface area contributed by atoms with Crippen molar-refractivity contribution in [3.05, 3.63) is 59.4 Å². The number of para-hydroxylation sites is 1. The molecule has 30 heavy (non-hydrogen) atoms. The topological polar surface area (TPSA) is 90.4 Å². The molecule has 10 heteroatoms. The van der Waals surface area contributed by atoms with Gasteiger partial charge in [0.25, 0.3) is 0 Å². The summed E-state index contributed by atoms with van der Waals surface area (Å²) in [4.78, 5) is 8.94. The molecule has 0 unspecified atom stereocenters. The predicted molar refractivity (Wildman–Crippen MR) is 106 cm³/mol. The van der Waals surface area contributed by atoms with E-state index in [0.29, 0.717) is 42.2 Å². The Hall–Kier alpha value is -3.40. The SMILES string of the molecule is COc1cccc2c1nc(N)n1nc(CCNCc3ccc(C(F)(F)F)cc3)nc21. The lowest BCUT2D eigenvalue weighted by Gasteiger charge is -2.08. The van der Waals surface area contributed by atoms with Gasteiger partial charge in [0.2, 0.25) is 5.95 Å². The van der Waals surface area contributed by atoms with Crippen LogP contribution in [0.1, 0.15) is 17.0 Å². The molecular formula is C20H19F3N6O. The minimum atomic E-state index is -4.33. The van der Waals surface area contributed by atoms with Gasteiger partial charge in [-0.2, -0.15) is 17.7 Å². The highest BCUT2D eigenvalue weighted by molar-refractivity contribution is 5.95. The third-order valence-electron chi connectivity index (χ3n) is 4.69. The lowest BCUT2D eigenvalue weighted by molar-refractivity contribution is -0.137. The van der Waals surface area contributed by atoms with Gasteiger partial charge in [-0.3, -0.25) is 0 Å². The molecule has 2 aromatic heterocycles. The molecule has 0 aliphatic carbocycles. The Morgan fingerprint density at radius 2 is 1.87 bits per heavy atom. The van der Waals surface area contributed by atoms with Crippen molar-refractivity contribution in [2.24, 2.45) is 0 Å². The zero-order valence-corrected chi connectivity index (χ0v) is 16.1. The number of nitrogen functional groups attached to an aromatic ring is 1. The number of hydrogen-bond donors (Lipinski definition) is 2. The molecule has 0 saturated carbocycles. The van der Waals surface area contributed by atoms with Gasteiger partial charge in [0.05, 0.1) is 12.7 Å². The second-order valence-electron chi connectivity index (χ2n) is 6.71. The lowest BCUT2D eigenvalue weighted by Crippen LogP contribution is -2.17. The molecule has 0 aliphatic rings. The minimum absolute atomic E-state index is 0.207. The van der Waals surface area contributed by atoms with E-state index in [-0.39, 0.29) is 5.95 Å². The summed E-state index contributed by atoms with van der Waals surface area (Å²) < 4.78 is 44.7. The Labute approximate surface area is 169 Å². The molecule has 4 rings (SSSR count). The molecule has 0 atom stereocenters. The van der Waals surface area contributed by atoms with Crippen LogP contribution in [0, 0.1) is 0 Å². The second kappa shape index (κ2) is 7.79. The fourth-order valence-electron chi connectivity index (χ4n) is 3.18. The van der Waals surface area contributed by atoms with Gasteiger partial charge >= 0.3 is 6.18 Å². The maximum atomic E-state index is 12.6. The van der Waals surface area contributed by atoms with E-state index in [1.54, 1.807) is 13.2 Å². The third kappa shape index (κ3) is 3.86. The highest BCUT2D eigenvalue weighted by Gasteiger charge is 2.29. The number of methoxy groups -OCH3 is 1. The van der Waals surface area contributed by atoms with E-state index in [9.17, 15) is 13.2 Å². The van der Waals surface area contributed by atoms with Gasteiger partial charge in [-0.05, 0) is 29.8 Å². The van der Waals surface area contributed by atoms with Gasteiger partial charge in [0.1, 0.15) is 11.3 Å². The Morgan fingerprint density at radius 1 is 1.10 bits per heavy atom. The molecule has 0 aliphatic heterocycles. The van der Waals surface area contributed by atoms with Gasteiger partial charge in [-0.15, -0.1) is 5.10 Å². The van der Waals surface area contributed by atoms with Crippen molar-refractivity contribution in [3.8, 4) is 5.75 Å².